The lowest BCUT2D eigenvalue weighted by molar-refractivity contribution is 1.26. The predicted octanol–water partition coefficient (Wildman–Crippen LogP) is 1.40. The lowest BCUT2D eigenvalue weighted by Crippen LogP contribution is -1.95. The third-order valence-corrected chi connectivity index (χ3v) is 1.78. The van der Waals surface area contributed by atoms with E-state index in [9.17, 15) is 0 Å². The van der Waals surface area contributed by atoms with E-state index in [2.05, 4.69) is 20.9 Å². The van der Waals surface area contributed by atoms with E-state index in [1.807, 2.05) is 18.2 Å². The van der Waals surface area contributed by atoms with Gasteiger partial charge in [0.25, 0.3) is 0 Å². The molecule has 0 aliphatic rings. The number of hydrogen-bond acceptors (Lipinski definition) is 3. The van der Waals surface area contributed by atoms with Gasteiger partial charge in [0.2, 0.25) is 0 Å². The van der Waals surface area contributed by atoms with Crippen LogP contribution < -0.4 is 11.5 Å². The number of aromatic nitrogens is 1. The summed E-state index contributed by atoms with van der Waals surface area (Å²) in [5.41, 5.74) is 11.8. The fourth-order valence-electron chi connectivity index (χ4n) is 0.794. The van der Waals surface area contributed by atoms with Crippen LogP contribution in [0, 0.1) is 0 Å². The summed E-state index contributed by atoms with van der Waals surface area (Å²) >= 11 is 3.31. The molecule has 3 nitrogen and oxygen atoms in total. The Morgan fingerprint density at radius 3 is 3.00 bits per heavy atom. The van der Waals surface area contributed by atoms with Crippen molar-refractivity contribution in [1.82, 2.24) is 4.98 Å². The zero-order chi connectivity index (χ0) is 8.97. The molecule has 0 saturated heterocycles. The van der Waals surface area contributed by atoms with E-state index in [-0.39, 0.29) is 0 Å². The van der Waals surface area contributed by atoms with Gasteiger partial charge in [0, 0.05) is 22.8 Å². The molecule has 0 spiro atoms. The molecule has 0 unspecified atom stereocenters. The van der Waals surface area contributed by atoms with Gasteiger partial charge in [-0.05, 0) is 22.0 Å². The topological polar surface area (TPSA) is 64.9 Å². The molecule has 0 aliphatic carbocycles. The standard InChI is InChI=1S/C8H10BrN3/c9-7-4-6(2-1-3-10)8(11)12-5-7/h1-2,4-5H,3,10H2,(H2,11,12). The van der Waals surface area contributed by atoms with E-state index in [0.29, 0.717) is 12.4 Å². The second-order valence-corrected chi connectivity index (χ2v) is 3.18. The molecule has 0 saturated carbocycles. The average Bonchev–Trinajstić information content (AvgIpc) is 2.07. The average molecular weight is 228 g/mol. The number of anilines is 1. The fraction of sp³-hybridized carbons (Fsp3) is 0.125. The highest BCUT2D eigenvalue weighted by Gasteiger charge is 1.95. The van der Waals surface area contributed by atoms with Crippen molar-refractivity contribution < 1.29 is 0 Å². The highest BCUT2D eigenvalue weighted by Crippen LogP contribution is 2.16. The lowest BCUT2D eigenvalue weighted by Gasteiger charge is -1.98. The Bertz CT molecular complexity index is 296. The zero-order valence-corrected chi connectivity index (χ0v) is 8.08. The van der Waals surface area contributed by atoms with Gasteiger partial charge in [-0.1, -0.05) is 12.2 Å². The maximum Gasteiger partial charge on any atom is 0.130 e. The SMILES string of the molecule is NCC=Cc1cc(Br)cnc1N. The van der Waals surface area contributed by atoms with Crippen molar-refractivity contribution in [3.8, 4) is 0 Å². The molecule has 0 bridgehead atoms. The van der Waals surface area contributed by atoms with Crippen LogP contribution in [-0.2, 0) is 0 Å². The van der Waals surface area contributed by atoms with Crippen molar-refractivity contribution >= 4 is 27.8 Å². The summed E-state index contributed by atoms with van der Waals surface area (Å²) in [5, 5.41) is 0. The van der Waals surface area contributed by atoms with Gasteiger partial charge in [-0.2, -0.15) is 0 Å². The van der Waals surface area contributed by atoms with Crippen LogP contribution in [0.4, 0.5) is 5.82 Å². The molecule has 12 heavy (non-hydrogen) atoms. The zero-order valence-electron chi connectivity index (χ0n) is 6.50. The van der Waals surface area contributed by atoms with Crippen LogP contribution in [-0.4, -0.2) is 11.5 Å². The molecular formula is C8H10BrN3. The first-order valence-electron chi connectivity index (χ1n) is 3.51. The number of pyridine rings is 1. The Labute approximate surface area is 79.6 Å². The molecule has 64 valence electrons. The molecule has 0 atom stereocenters. The van der Waals surface area contributed by atoms with Gasteiger partial charge in [0.05, 0.1) is 0 Å². The number of nitrogen functional groups attached to an aromatic ring is 1. The molecule has 0 aliphatic heterocycles. The molecular weight excluding hydrogens is 218 g/mol. The minimum Gasteiger partial charge on any atom is -0.383 e. The first kappa shape index (κ1) is 9.22. The Morgan fingerprint density at radius 2 is 2.33 bits per heavy atom. The Balaban J connectivity index is 2.97. The molecule has 0 fully saturated rings. The summed E-state index contributed by atoms with van der Waals surface area (Å²) < 4.78 is 0.911. The van der Waals surface area contributed by atoms with Crippen LogP contribution in [0.15, 0.2) is 22.8 Å². The van der Waals surface area contributed by atoms with E-state index < -0.39 is 0 Å². The third-order valence-electron chi connectivity index (χ3n) is 1.35. The fourth-order valence-corrected chi connectivity index (χ4v) is 1.14. The summed E-state index contributed by atoms with van der Waals surface area (Å²) in [5.74, 6) is 0.517. The maximum absolute atomic E-state index is 5.61. The summed E-state index contributed by atoms with van der Waals surface area (Å²) in [7, 11) is 0. The van der Waals surface area contributed by atoms with Gasteiger partial charge in [-0.15, -0.1) is 0 Å². The highest BCUT2D eigenvalue weighted by molar-refractivity contribution is 9.10. The van der Waals surface area contributed by atoms with Crippen molar-refractivity contribution in [1.29, 1.82) is 0 Å². The largest absolute Gasteiger partial charge is 0.383 e. The first-order valence-corrected chi connectivity index (χ1v) is 4.31. The van der Waals surface area contributed by atoms with Crippen LogP contribution in [0.2, 0.25) is 0 Å². The van der Waals surface area contributed by atoms with E-state index in [1.165, 1.54) is 0 Å². The van der Waals surface area contributed by atoms with Crippen molar-refractivity contribution in [2.24, 2.45) is 5.73 Å². The summed E-state index contributed by atoms with van der Waals surface area (Å²) in [6.07, 6.45) is 5.35. The van der Waals surface area contributed by atoms with Crippen molar-refractivity contribution in [3.63, 3.8) is 0 Å². The second kappa shape index (κ2) is 4.23. The second-order valence-electron chi connectivity index (χ2n) is 2.27. The molecule has 4 heteroatoms. The van der Waals surface area contributed by atoms with Gasteiger partial charge >= 0.3 is 0 Å². The van der Waals surface area contributed by atoms with Crippen LogP contribution in [0.25, 0.3) is 6.08 Å². The minimum atomic E-state index is 0.506. The van der Waals surface area contributed by atoms with Crippen LogP contribution in [0.3, 0.4) is 0 Å². The molecule has 4 N–H and O–H groups in total. The van der Waals surface area contributed by atoms with E-state index in [4.69, 9.17) is 11.5 Å². The van der Waals surface area contributed by atoms with Crippen molar-refractivity contribution in [2.75, 3.05) is 12.3 Å². The van der Waals surface area contributed by atoms with Crippen LogP contribution in [0.5, 0.6) is 0 Å². The molecule has 1 aromatic rings. The molecule has 1 aromatic heterocycles. The van der Waals surface area contributed by atoms with Gasteiger partial charge in [-0.3, -0.25) is 0 Å². The van der Waals surface area contributed by atoms with E-state index >= 15 is 0 Å². The smallest absolute Gasteiger partial charge is 0.130 e. The van der Waals surface area contributed by atoms with E-state index in [1.54, 1.807) is 6.20 Å². The number of nitrogens with two attached hydrogens (primary N) is 2. The van der Waals surface area contributed by atoms with Crippen LogP contribution in [0.1, 0.15) is 5.56 Å². The molecule has 0 radical (unpaired) electrons. The Hall–Kier alpha value is -0.870. The van der Waals surface area contributed by atoms with Gasteiger partial charge < -0.3 is 11.5 Å². The van der Waals surface area contributed by atoms with Gasteiger partial charge in [0.1, 0.15) is 5.82 Å². The summed E-state index contributed by atoms with van der Waals surface area (Å²) in [4.78, 5) is 3.97. The van der Waals surface area contributed by atoms with Crippen molar-refractivity contribution in [3.05, 3.63) is 28.4 Å². The predicted molar refractivity (Wildman–Crippen MR) is 54.4 cm³/mol. The lowest BCUT2D eigenvalue weighted by atomic mass is 10.2. The number of rotatable bonds is 2. The maximum atomic E-state index is 5.61. The normalized spacial score (nSPS) is 10.8. The molecule has 1 rings (SSSR count). The number of hydrogen-bond donors (Lipinski definition) is 2. The summed E-state index contributed by atoms with van der Waals surface area (Å²) in [6, 6.07) is 1.90. The van der Waals surface area contributed by atoms with Gasteiger partial charge in [0.15, 0.2) is 0 Å². The van der Waals surface area contributed by atoms with E-state index in [0.717, 1.165) is 10.0 Å². The Kier molecular flexibility index (Phi) is 3.25. The molecule has 1 heterocycles. The third kappa shape index (κ3) is 2.32. The Morgan fingerprint density at radius 1 is 1.58 bits per heavy atom. The first-order chi connectivity index (χ1) is 5.74. The monoisotopic (exact) mass is 227 g/mol. The number of nitrogens with zero attached hydrogens (tertiary/aromatic N) is 1. The summed E-state index contributed by atoms with van der Waals surface area (Å²) in [6.45, 7) is 0.506. The highest BCUT2D eigenvalue weighted by atomic mass is 79.9. The minimum absolute atomic E-state index is 0.506. The quantitative estimate of drug-likeness (QED) is 0.803. The van der Waals surface area contributed by atoms with Crippen molar-refractivity contribution in [2.45, 2.75) is 0 Å². The van der Waals surface area contributed by atoms with Gasteiger partial charge in [-0.25, -0.2) is 4.98 Å². The molecule has 0 aromatic carbocycles. The van der Waals surface area contributed by atoms with Crippen LogP contribution >= 0.6 is 15.9 Å². The molecule has 0 amide bonds. The number of halogens is 1.